The van der Waals surface area contributed by atoms with Crippen LogP contribution < -0.4 is 20.2 Å². The van der Waals surface area contributed by atoms with Gasteiger partial charge in [0.05, 0.1) is 7.11 Å². The molecule has 0 aliphatic heterocycles. The van der Waals surface area contributed by atoms with Crippen molar-refractivity contribution in [2.45, 2.75) is 0 Å². The van der Waals surface area contributed by atoms with E-state index in [1.54, 1.807) is 7.11 Å². The Morgan fingerprint density at radius 1 is 1.04 bits per heavy atom. The van der Waals surface area contributed by atoms with Crippen LogP contribution in [-0.2, 0) is 0 Å². The number of rotatable bonds is 4. The van der Waals surface area contributed by atoms with Crippen molar-refractivity contribution in [2.75, 3.05) is 17.7 Å². The maximum absolute atomic E-state index is 5.24. The van der Waals surface area contributed by atoms with Gasteiger partial charge in [0.1, 0.15) is 5.75 Å². The summed E-state index contributed by atoms with van der Waals surface area (Å²) in [6.07, 6.45) is 0. The van der Waals surface area contributed by atoms with Crippen molar-refractivity contribution in [3.05, 3.63) is 59.4 Å². The molecule has 0 aliphatic carbocycles. The van der Waals surface area contributed by atoms with Gasteiger partial charge in [0.15, 0.2) is 10.2 Å². The second-order valence-electron chi connectivity index (χ2n) is 4.63. The molecule has 1 heterocycles. The molecule has 0 amide bonds. The van der Waals surface area contributed by atoms with E-state index in [1.807, 2.05) is 54.6 Å². The predicted molar refractivity (Wildman–Crippen MR) is 104 cm³/mol. The molecule has 3 aromatic rings. The zero-order valence-corrected chi connectivity index (χ0v) is 15.2. The van der Waals surface area contributed by atoms with Crippen molar-refractivity contribution in [1.29, 1.82) is 0 Å². The second kappa shape index (κ2) is 8.00. The molecule has 1 aromatic heterocycles. The molecule has 2 N–H and O–H groups in total. The van der Waals surface area contributed by atoms with E-state index in [0.29, 0.717) is 9.91 Å². The molecule has 0 atom stereocenters. The third-order valence-electron chi connectivity index (χ3n) is 2.96. The highest BCUT2D eigenvalue weighted by Crippen LogP contribution is 2.21. The second-order valence-corrected chi connectivity index (χ2v) is 7.10. The first-order valence-corrected chi connectivity index (χ1v) is 9.58. The highest BCUT2D eigenvalue weighted by Gasteiger charge is 2.02. The first kappa shape index (κ1) is 16.6. The largest absolute Gasteiger partial charge is 0.497 e. The topological polar surface area (TPSA) is 58.5 Å². The van der Waals surface area contributed by atoms with E-state index >= 15 is 0 Å². The monoisotopic (exact) mass is 374 g/mol. The summed E-state index contributed by atoms with van der Waals surface area (Å²) < 4.78 is 5.14. The molecule has 0 unspecified atom stereocenters. The summed E-state index contributed by atoms with van der Waals surface area (Å²) in [5.41, 5.74) is 1.84. The Bertz CT molecular complexity index is 872. The van der Waals surface area contributed by atoms with E-state index in [2.05, 4.69) is 20.6 Å². The number of aromatic nitrogens is 1. The average molecular weight is 375 g/mol. The van der Waals surface area contributed by atoms with E-state index in [9.17, 15) is 0 Å². The van der Waals surface area contributed by atoms with Crippen LogP contribution in [0.5, 0.6) is 5.75 Å². The van der Waals surface area contributed by atoms with Gasteiger partial charge in [-0.2, -0.15) is 9.98 Å². The first-order valence-electron chi connectivity index (χ1n) is 7.02. The first-order chi connectivity index (χ1) is 11.7. The quantitative estimate of drug-likeness (QED) is 0.528. The van der Waals surface area contributed by atoms with Crippen molar-refractivity contribution < 1.29 is 4.74 Å². The van der Waals surface area contributed by atoms with Crippen molar-refractivity contribution in [2.24, 2.45) is 4.99 Å². The molecule has 5 nitrogen and oxygen atoms in total. The van der Waals surface area contributed by atoms with Crippen LogP contribution in [0, 0.1) is 0 Å². The Balaban J connectivity index is 1.66. The molecule has 0 fully saturated rings. The van der Waals surface area contributed by atoms with Gasteiger partial charge in [-0.25, -0.2) is 0 Å². The Morgan fingerprint density at radius 3 is 2.50 bits per heavy atom. The third-order valence-corrected chi connectivity index (χ3v) is 5.09. The van der Waals surface area contributed by atoms with Gasteiger partial charge in [0, 0.05) is 11.4 Å². The molecule has 24 heavy (non-hydrogen) atoms. The van der Waals surface area contributed by atoms with Crippen molar-refractivity contribution in [3.63, 3.8) is 0 Å². The van der Waals surface area contributed by atoms with Crippen LogP contribution >= 0.6 is 32.9 Å². The molecule has 0 saturated carbocycles. The number of hydrogen-bond donors (Lipinski definition) is 2. The number of hydrogen-bond acceptors (Lipinski definition) is 6. The molecule has 0 saturated heterocycles. The Hall–Kier alpha value is -2.29. The summed E-state index contributed by atoms with van der Waals surface area (Å²) in [6, 6.07) is 17.3. The van der Waals surface area contributed by atoms with Gasteiger partial charge in [-0.05, 0) is 69.3 Å². The Morgan fingerprint density at radius 2 is 1.79 bits per heavy atom. The minimum atomic E-state index is 0.388. The molecule has 8 heteroatoms. The van der Waals surface area contributed by atoms with E-state index in [1.165, 1.54) is 20.7 Å². The lowest BCUT2D eigenvalue weighted by Gasteiger charge is -2.03. The maximum atomic E-state index is 5.24. The van der Waals surface area contributed by atoms with Gasteiger partial charge >= 0.3 is 0 Å². The fraction of sp³-hybridized carbons (Fsp3) is 0.0625. The number of thiocarbonyl (C=S) groups is 1. The van der Waals surface area contributed by atoms with E-state index in [4.69, 9.17) is 17.0 Å². The number of benzene rings is 2. The van der Waals surface area contributed by atoms with Crippen LogP contribution in [0.25, 0.3) is 0 Å². The molecule has 0 aliphatic rings. The highest BCUT2D eigenvalue weighted by atomic mass is 32.9. The summed E-state index contributed by atoms with van der Waals surface area (Å²) in [7, 11) is 4.62. The number of para-hydroxylation sites is 1. The van der Waals surface area contributed by atoms with Gasteiger partial charge in [-0.1, -0.05) is 18.2 Å². The molecule has 0 spiro atoms. The molecule has 122 valence electrons. The Labute approximate surface area is 152 Å². The van der Waals surface area contributed by atoms with E-state index in [-0.39, 0.29) is 0 Å². The number of methoxy groups -OCH3 is 1. The van der Waals surface area contributed by atoms with Gasteiger partial charge < -0.3 is 15.4 Å². The fourth-order valence-corrected chi connectivity index (χ4v) is 3.79. The molecular formula is C16H14N4OS3. The summed E-state index contributed by atoms with van der Waals surface area (Å²) in [5, 5.41) is 7.46. The smallest absolute Gasteiger partial charge is 0.224 e. The van der Waals surface area contributed by atoms with Crippen LogP contribution in [0.2, 0.25) is 0 Å². The fourth-order valence-electron chi connectivity index (χ4n) is 1.85. The van der Waals surface area contributed by atoms with Crippen LogP contribution in [0.4, 0.5) is 16.5 Å². The lowest BCUT2D eigenvalue weighted by Crippen LogP contribution is -2.11. The van der Waals surface area contributed by atoms with Crippen molar-refractivity contribution in [3.8, 4) is 5.75 Å². The lowest BCUT2D eigenvalue weighted by atomic mass is 10.3. The summed E-state index contributed by atoms with van der Waals surface area (Å²) in [5.74, 6) is 0.815. The van der Waals surface area contributed by atoms with Gasteiger partial charge in [0.25, 0.3) is 0 Å². The summed E-state index contributed by atoms with van der Waals surface area (Å²) in [6.45, 7) is 0. The SMILES string of the molecule is COc1ccc(Nc2n/c(=N\C(=S)Nc3ccccc3)ss2)cc1. The van der Waals surface area contributed by atoms with E-state index < -0.39 is 0 Å². The highest BCUT2D eigenvalue weighted by molar-refractivity contribution is 7.80. The van der Waals surface area contributed by atoms with Crippen LogP contribution in [-0.4, -0.2) is 17.2 Å². The third kappa shape index (κ3) is 4.60. The van der Waals surface area contributed by atoms with Gasteiger partial charge in [-0.15, -0.1) is 0 Å². The Kier molecular flexibility index (Phi) is 5.52. The minimum Gasteiger partial charge on any atom is -0.497 e. The van der Waals surface area contributed by atoms with Crippen LogP contribution in [0.15, 0.2) is 59.6 Å². The van der Waals surface area contributed by atoms with E-state index in [0.717, 1.165) is 22.3 Å². The normalized spacial score (nSPS) is 11.1. The average Bonchev–Trinajstić information content (AvgIpc) is 3.03. The lowest BCUT2D eigenvalue weighted by molar-refractivity contribution is 0.415. The maximum Gasteiger partial charge on any atom is 0.224 e. The molecular weight excluding hydrogens is 360 g/mol. The predicted octanol–water partition coefficient (Wildman–Crippen LogP) is 4.25. The van der Waals surface area contributed by atoms with Gasteiger partial charge in [0.2, 0.25) is 4.80 Å². The number of nitrogens with one attached hydrogen (secondary N) is 2. The zero-order chi connectivity index (χ0) is 16.8. The van der Waals surface area contributed by atoms with Crippen LogP contribution in [0.1, 0.15) is 0 Å². The molecule has 2 aromatic carbocycles. The minimum absolute atomic E-state index is 0.388. The molecule has 0 radical (unpaired) electrons. The van der Waals surface area contributed by atoms with Crippen LogP contribution in [0.3, 0.4) is 0 Å². The standard InChI is InChI=1S/C16H14N4OS3/c1-21-13-9-7-12(8-10-13)18-15-20-16(24-23-15)19-14(22)17-11-5-3-2-4-6-11/h2-10H,1H3,(H2,17,18,19,20,22). The molecule has 0 bridgehead atoms. The number of ether oxygens (including phenoxy) is 1. The summed E-state index contributed by atoms with van der Waals surface area (Å²) in [4.78, 5) is 9.37. The molecule has 3 rings (SSSR count). The van der Waals surface area contributed by atoms with Crippen molar-refractivity contribution >= 4 is 54.5 Å². The van der Waals surface area contributed by atoms with Crippen molar-refractivity contribution in [1.82, 2.24) is 4.98 Å². The van der Waals surface area contributed by atoms with Gasteiger partial charge in [-0.3, -0.25) is 0 Å². The summed E-state index contributed by atoms with van der Waals surface area (Å²) >= 11 is 5.24. The zero-order valence-electron chi connectivity index (χ0n) is 12.7. The number of anilines is 3. The number of nitrogens with zero attached hydrogens (tertiary/aromatic N) is 2.